The normalized spacial score (nSPS) is 21.2. The molecule has 2 aromatic rings. The first-order valence-corrected chi connectivity index (χ1v) is 9.31. The van der Waals surface area contributed by atoms with Crippen LogP contribution >= 0.6 is 11.6 Å². The van der Waals surface area contributed by atoms with Crippen molar-refractivity contribution < 1.29 is 36.1 Å². The molecule has 8 heteroatoms. The van der Waals surface area contributed by atoms with Gasteiger partial charge in [-0.1, -0.05) is 32.2 Å². The summed E-state index contributed by atoms with van der Waals surface area (Å²) in [5, 5.41) is 9.45. The molecule has 1 aromatic carbocycles. The second-order valence-electron chi connectivity index (χ2n) is 6.91. The fourth-order valence-corrected chi connectivity index (χ4v) is 3.62. The van der Waals surface area contributed by atoms with E-state index in [9.17, 15) is 14.7 Å². The zero-order chi connectivity index (χ0) is 29.7. The summed E-state index contributed by atoms with van der Waals surface area (Å²) in [6.45, 7) is -10.6. The van der Waals surface area contributed by atoms with E-state index in [0.29, 0.717) is 23.8 Å². The zero-order valence-corrected chi connectivity index (χ0v) is 16.7. The molecule has 2 heterocycles. The van der Waals surface area contributed by atoms with Crippen molar-refractivity contribution in [2.24, 2.45) is 5.41 Å². The van der Waals surface area contributed by atoms with Crippen LogP contribution in [-0.4, -0.2) is 36.0 Å². The lowest BCUT2D eigenvalue weighted by atomic mass is 9.78. The minimum absolute atomic E-state index is 0.0425. The predicted octanol–water partition coefficient (Wildman–Crippen LogP) is 4.56. The van der Waals surface area contributed by atoms with Gasteiger partial charge in [-0.2, -0.15) is 0 Å². The molecule has 0 aliphatic carbocycles. The van der Waals surface area contributed by atoms with Gasteiger partial charge in [-0.05, 0) is 29.5 Å². The Bertz CT molecular complexity index is 1300. The Hall–Kier alpha value is -2.38. The number of carboxylic acid groups (broad SMARTS) is 1. The molecule has 3 rings (SSSR count). The molecule has 1 atom stereocenters. The number of ether oxygens (including phenoxy) is 2. The number of fused-ring (bicyclic) bond motifs is 3. The quantitative estimate of drug-likeness (QED) is 0.658. The van der Waals surface area contributed by atoms with Crippen molar-refractivity contribution in [1.29, 1.82) is 0 Å². The van der Waals surface area contributed by atoms with Gasteiger partial charge in [0.2, 0.25) is 5.43 Å². The highest BCUT2D eigenvalue weighted by Gasteiger charge is 2.36. The lowest BCUT2D eigenvalue weighted by molar-refractivity contribution is 0.0692. The Morgan fingerprint density at radius 3 is 2.77 bits per heavy atom. The average molecular weight is 447 g/mol. The second-order valence-corrected chi connectivity index (χ2v) is 7.32. The minimum Gasteiger partial charge on any atom is -0.492 e. The number of carbonyl (C=O) groups is 1. The Labute approximate surface area is 191 Å². The molecule has 1 aliphatic heterocycles. The van der Waals surface area contributed by atoms with Crippen LogP contribution in [0.4, 0.5) is 4.39 Å². The van der Waals surface area contributed by atoms with Gasteiger partial charge in [0.05, 0.1) is 17.3 Å². The third-order valence-corrected chi connectivity index (χ3v) is 5.12. The van der Waals surface area contributed by atoms with E-state index < -0.39 is 66.9 Å². The monoisotopic (exact) mass is 446 g/mol. The van der Waals surface area contributed by atoms with Crippen molar-refractivity contribution in [2.45, 2.75) is 39.4 Å². The maximum Gasteiger partial charge on any atom is 0.341 e. The molecule has 1 N–H and O–H groups in total. The number of nitrogens with zero attached hydrogens (tertiary/aromatic N) is 1. The van der Waals surface area contributed by atoms with E-state index in [-0.39, 0.29) is 28.5 Å². The second kappa shape index (κ2) is 8.40. The number of aromatic carboxylic acids is 1. The Balaban J connectivity index is 2.45. The summed E-state index contributed by atoms with van der Waals surface area (Å²) in [4.78, 5) is 24.4. The molecular weight excluding hydrogens is 413 g/mol. The van der Waals surface area contributed by atoms with Gasteiger partial charge in [-0.3, -0.25) is 4.79 Å². The lowest BCUT2D eigenvalue weighted by Crippen LogP contribution is -2.34. The van der Waals surface area contributed by atoms with E-state index in [1.54, 1.807) is 0 Å². The maximum atomic E-state index is 15.6. The van der Waals surface area contributed by atoms with Crippen molar-refractivity contribution in [3.8, 4) is 17.0 Å². The number of hydrogen-bond donors (Lipinski definition) is 1. The summed E-state index contributed by atoms with van der Waals surface area (Å²) in [5.74, 6) is -3.45. The summed E-state index contributed by atoms with van der Waals surface area (Å²) in [6, 6.07) is 0.414. The SMILES string of the molecule is [2H]C([2H])([2H])C([C@@H]1Cc2cc(OCCCOC)c(Cl)cc2-c2c(F)c(=O)c(C(=O)O)cn21)(C([2H])([2H])[2H])C([2H])([2H])[2H]. The van der Waals surface area contributed by atoms with Crippen LogP contribution < -0.4 is 10.2 Å². The molecule has 162 valence electrons. The molecule has 0 unspecified atom stereocenters. The average Bonchev–Trinajstić information content (AvgIpc) is 2.76. The number of methoxy groups -OCH3 is 1. The highest BCUT2D eigenvalue weighted by molar-refractivity contribution is 6.32. The van der Waals surface area contributed by atoms with Crippen molar-refractivity contribution in [3.05, 3.63) is 50.5 Å². The summed E-state index contributed by atoms with van der Waals surface area (Å²) < 4.78 is 100.0. The first-order chi connectivity index (χ1) is 17.8. The van der Waals surface area contributed by atoms with Crippen molar-refractivity contribution >= 4 is 17.6 Å². The van der Waals surface area contributed by atoms with Crippen molar-refractivity contribution in [2.75, 3.05) is 20.3 Å². The Morgan fingerprint density at radius 2 is 2.13 bits per heavy atom. The van der Waals surface area contributed by atoms with E-state index in [2.05, 4.69) is 0 Å². The molecule has 0 saturated carbocycles. The first kappa shape index (κ1) is 13.1. The molecular formula is C22H25ClFNO5. The van der Waals surface area contributed by atoms with Crippen LogP contribution in [0.2, 0.25) is 5.02 Å². The number of carboxylic acids is 1. The number of rotatable bonds is 6. The smallest absolute Gasteiger partial charge is 0.341 e. The fraction of sp³-hybridized carbons (Fsp3) is 0.455. The topological polar surface area (TPSA) is 77.8 Å². The van der Waals surface area contributed by atoms with Crippen LogP contribution in [0.5, 0.6) is 5.75 Å². The molecule has 6 nitrogen and oxygen atoms in total. The van der Waals surface area contributed by atoms with Gasteiger partial charge in [-0.25, -0.2) is 9.18 Å². The molecule has 0 fully saturated rings. The van der Waals surface area contributed by atoms with Crippen LogP contribution in [0.3, 0.4) is 0 Å². The highest BCUT2D eigenvalue weighted by Crippen LogP contribution is 2.45. The van der Waals surface area contributed by atoms with Gasteiger partial charge in [0, 0.05) is 50.3 Å². The van der Waals surface area contributed by atoms with E-state index >= 15 is 4.39 Å². The predicted molar refractivity (Wildman–Crippen MR) is 112 cm³/mol. The number of aromatic nitrogens is 1. The first-order valence-electron chi connectivity index (χ1n) is 13.4. The number of hydrogen-bond acceptors (Lipinski definition) is 4. The molecule has 30 heavy (non-hydrogen) atoms. The molecule has 0 amide bonds. The lowest BCUT2D eigenvalue weighted by Gasteiger charge is -2.39. The molecule has 0 spiro atoms. The summed E-state index contributed by atoms with van der Waals surface area (Å²) >= 11 is 6.33. The number of pyridine rings is 1. The molecule has 1 aliphatic rings. The molecule has 1 aromatic heterocycles. The van der Waals surface area contributed by atoms with Gasteiger partial charge < -0.3 is 19.1 Å². The van der Waals surface area contributed by atoms with Crippen LogP contribution in [-0.2, 0) is 11.2 Å². The van der Waals surface area contributed by atoms with Crippen LogP contribution in [0.1, 0.15) is 61.3 Å². The number of benzene rings is 1. The third kappa shape index (κ3) is 4.09. The molecule has 0 saturated heterocycles. The van der Waals surface area contributed by atoms with Gasteiger partial charge in [0.15, 0.2) is 5.82 Å². The minimum atomic E-state index is -3.70. The Kier molecular flexibility index (Phi) is 3.67. The number of halogens is 2. The van der Waals surface area contributed by atoms with Crippen LogP contribution in [0, 0.1) is 11.2 Å². The Morgan fingerprint density at radius 1 is 1.40 bits per heavy atom. The van der Waals surface area contributed by atoms with Gasteiger partial charge in [-0.15, -0.1) is 0 Å². The molecule has 0 bridgehead atoms. The fourth-order valence-electron chi connectivity index (χ4n) is 3.41. The van der Waals surface area contributed by atoms with Gasteiger partial charge in [0.25, 0.3) is 0 Å². The van der Waals surface area contributed by atoms with Crippen LogP contribution in [0.25, 0.3) is 11.3 Å². The standard InChI is InChI=1S/C22H25ClFNO5/c1-22(2,3)17-9-12-8-16(30-7-5-6-29-4)15(23)10-13(12)19-18(24)20(26)14(21(27)28)11-25(17)19/h8,10-11,17H,5-7,9H2,1-4H3,(H,27,28)/t17-/m0/s1/i1D3,2D3,3D3. The molecule has 0 radical (unpaired) electrons. The van der Waals surface area contributed by atoms with Gasteiger partial charge >= 0.3 is 5.97 Å². The van der Waals surface area contributed by atoms with Crippen LogP contribution in [0.15, 0.2) is 23.1 Å². The van der Waals surface area contributed by atoms with E-state index in [4.69, 9.17) is 33.4 Å². The summed E-state index contributed by atoms with van der Waals surface area (Å²) in [6.07, 6.45) is 0.430. The van der Waals surface area contributed by atoms with Crippen molar-refractivity contribution in [1.82, 2.24) is 4.57 Å². The maximum absolute atomic E-state index is 15.6. The summed E-state index contributed by atoms with van der Waals surface area (Å²) in [5.41, 5.74) is -6.93. The third-order valence-electron chi connectivity index (χ3n) is 4.82. The highest BCUT2D eigenvalue weighted by atomic mass is 35.5. The van der Waals surface area contributed by atoms with E-state index in [1.807, 2.05) is 0 Å². The largest absolute Gasteiger partial charge is 0.492 e. The van der Waals surface area contributed by atoms with E-state index in [0.717, 1.165) is 0 Å². The van der Waals surface area contributed by atoms with Gasteiger partial charge in [0.1, 0.15) is 11.3 Å². The van der Waals surface area contributed by atoms with Crippen molar-refractivity contribution in [3.63, 3.8) is 0 Å². The zero-order valence-electron chi connectivity index (χ0n) is 24.9. The summed E-state index contributed by atoms with van der Waals surface area (Å²) in [7, 11) is 1.49. The van der Waals surface area contributed by atoms with E-state index in [1.165, 1.54) is 19.2 Å².